The Balaban J connectivity index is 2.08. The van der Waals surface area contributed by atoms with E-state index in [2.05, 4.69) is 46.4 Å². The maximum absolute atomic E-state index is 6.26. The van der Waals surface area contributed by atoms with Gasteiger partial charge in [0.25, 0.3) is 0 Å². The molecule has 0 saturated heterocycles. The van der Waals surface area contributed by atoms with E-state index in [1.807, 2.05) is 0 Å². The molecule has 3 heteroatoms. The fourth-order valence-electron chi connectivity index (χ4n) is 3.18. The Hall–Kier alpha value is -0.540. The van der Waals surface area contributed by atoms with Gasteiger partial charge in [0.15, 0.2) is 0 Å². The summed E-state index contributed by atoms with van der Waals surface area (Å²) in [4.78, 5) is 0. The highest BCUT2D eigenvalue weighted by atomic mass is 79.9. The fourth-order valence-corrected chi connectivity index (χ4v) is 3.54. The second-order valence-corrected chi connectivity index (χ2v) is 6.06. The van der Waals surface area contributed by atoms with E-state index in [0.717, 1.165) is 17.3 Å². The third-order valence-corrected chi connectivity index (χ3v) is 4.39. The number of anilines is 1. The molecule has 1 aromatic carbocycles. The number of rotatable bonds is 0. The number of halogens is 1. The molecule has 1 spiro atoms. The van der Waals surface area contributed by atoms with Gasteiger partial charge in [-0.15, -0.1) is 0 Å². The summed E-state index contributed by atoms with van der Waals surface area (Å²) in [5.41, 5.74) is 2.54. The third-order valence-electron chi connectivity index (χ3n) is 3.89. The topological polar surface area (TPSA) is 21.3 Å². The highest BCUT2D eigenvalue weighted by molar-refractivity contribution is 9.10. The zero-order valence-electron chi connectivity index (χ0n) is 10.1. The van der Waals surface area contributed by atoms with Gasteiger partial charge >= 0.3 is 0 Å². The van der Waals surface area contributed by atoms with Crippen molar-refractivity contribution < 1.29 is 4.74 Å². The van der Waals surface area contributed by atoms with Gasteiger partial charge in [-0.1, -0.05) is 35.2 Å². The van der Waals surface area contributed by atoms with Gasteiger partial charge in [0.2, 0.25) is 0 Å². The fraction of sp³-hybridized carbons (Fsp3) is 0.571. The lowest BCUT2D eigenvalue weighted by atomic mass is 9.78. The molecule has 2 aliphatic rings. The summed E-state index contributed by atoms with van der Waals surface area (Å²) in [6.45, 7) is 2.10. The van der Waals surface area contributed by atoms with E-state index >= 15 is 0 Å². The van der Waals surface area contributed by atoms with Crippen molar-refractivity contribution in [3.63, 3.8) is 0 Å². The second-order valence-electron chi connectivity index (χ2n) is 5.15. The molecule has 17 heavy (non-hydrogen) atoms. The minimum absolute atomic E-state index is 0.0397. The maximum Gasteiger partial charge on any atom is 0.126 e. The Morgan fingerprint density at radius 1 is 1.29 bits per heavy atom. The van der Waals surface area contributed by atoms with E-state index in [-0.39, 0.29) is 11.8 Å². The molecular weight excluding hydrogens is 278 g/mol. The molecule has 1 aliphatic heterocycles. The summed E-state index contributed by atoms with van der Waals surface area (Å²) >= 11 is 3.57. The van der Waals surface area contributed by atoms with Gasteiger partial charge in [-0.05, 0) is 38.0 Å². The summed E-state index contributed by atoms with van der Waals surface area (Å²) in [5.74, 6) is 0. The molecule has 1 aromatic rings. The Labute approximate surface area is 111 Å². The van der Waals surface area contributed by atoms with Crippen LogP contribution >= 0.6 is 15.9 Å². The molecule has 1 atom stereocenters. The van der Waals surface area contributed by atoms with Crippen molar-refractivity contribution in [2.45, 2.75) is 50.9 Å². The van der Waals surface area contributed by atoms with Crippen LogP contribution in [0.3, 0.4) is 0 Å². The standard InChI is InChI=1S/C14H18BrNO/c1-10-16-13-6-5-11(15)9-12(13)14(17-10)7-3-2-4-8-14/h5-6,9-10,16H,2-4,7-8H2,1H3. The zero-order chi connectivity index (χ0) is 11.9. The van der Waals surface area contributed by atoms with Crippen LogP contribution in [0, 0.1) is 0 Å². The number of nitrogens with one attached hydrogen (secondary N) is 1. The monoisotopic (exact) mass is 295 g/mol. The van der Waals surface area contributed by atoms with E-state index in [0.29, 0.717) is 0 Å². The van der Waals surface area contributed by atoms with E-state index in [9.17, 15) is 0 Å². The predicted molar refractivity (Wildman–Crippen MR) is 73.1 cm³/mol. The Kier molecular flexibility index (Phi) is 2.91. The molecule has 1 N–H and O–H groups in total. The summed E-state index contributed by atoms with van der Waals surface area (Å²) < 4.78 is 7.40. The van der Waals surface area contributed by atoms with Crippen LogP contribution < -0.4 is 5.32 Å². The largest absolute Gasteiger partial charge is 0.360 e. The van der Waals surface area contributed by atoms with Gasteiger partial charge in [0, 0.05) is 15.7 Å². The number of hydrogen-bond donors (Lipinski definition) is 1. The predicted octanol–water partition coefficient (Wildman–Crippen LogP) is 4.40. The maximum atomic E-state index is 6.26. The van der Waals surface area contributed by atoms with Crippen LogP contribution in [0.15, 0.2) is 22.7 Å². The SMILES string of the molecule is CC1Nc2ccc(Br)cc2C2(CCCCC2)O1. The van der Waals surface area contributed by atoms with Gasteiger partial charge < -0.3 is 10.1 Å². The van der Waals surface area contributed by atoms with Crippen molar-refractivity contribution in [1.82, 2.24) is 0 Å². The third kappa shape index (κ3) is 2.00. The number of fused-ring (bicyclic) bond motifs is 2. The van der Waals surface area contributed by atoms with E-state index in [4.69, 9.17) is 4.74 Å². The van der Waals surface area contributed by atoms with Crippen LogP contribution in [0.1, 0.15) is 44.6 Å². The van der Waals surface area contributed by atoms with E-state index < -0.39 is 0 Å². The molecule has 0 radical (unpaired) electrons. The molecule has 0 amide bonds. The average molecular weight is 296 g/mol. The molecule has 1 unspecified atom stereocenters. The molecule has 2 nitrogen and oxygen atoms in total. The molecule has 1 saturated carbocycles. The van der Waals surface area contributed by atoms with Crippen molar-refractivity contribution in [3.05, 3.63) is 28.2 Å². The van der Waals surface area contributed by atoms with Crippen LogP contribution in [-0.4, -0.2) is 6.23 Å². The molecule has 1 fully saturated rings. The van der Waals surface area contributed by atoms with Crippen LogP contribution in [-0.2, 0) is 10.3 Å². The Morgan fingerprint density at radius 2 is 2.06 bits per heavy atom. The summed E-state index contributed by atoms with van der Waals surface area (Å²) in [7, 11) is 0. The van der Waals surface area contributed by atoms with E-state index in [1.54, 1.807) is 0 Å². The first-order valence-electron chi connectivity index (χ1n) is 6.44. The van der Waals surface area contributed by atoms with Crippen molar-refractivity contribution >= 4 is 21.6 Å². The highest BCUT2D eigenvalue weighted by Crippen LogP contribution is 2.47. The lowest BCUT2D eigenvalue weighted by Crippen LogP contribution is -2.42. The van der Waals surface area contributed by atoms with Crippen LogP contribution in [0.4, 0.5) is 5.69 Å². The van der Waals surface area contributed by atoms with Gasteiger partial charge in [-0.3, -0.25) is 0 Å². The molecule has 92 valence electrons. The van der Waals surface area contributed by atoms with Gasteiger partial charge in [-0.25, -0.2) is 0 Å². The van der Waals surface area contributed by atoms with Crippen LogP contribution in [0.25, 0.3) is 0 Å². The van der Waals surface area contributed by atoms with Crippen molar-refractivity contribution in [3.8, 4) is 0 Å². The number of ether oxygens (including phenoxy) is 1. The second kappa shape index (κ2) is 4.29. The number of benzene rings is 1. The molecule has 3 rings (SSSR count). The van der Waals surface area contributed by atoms with Crippen molar-refractivity contribution in [1.29, 1.82) is 0 Å². The average Bonchev–Trinajstić information content (AvgIpc) is 2.31. The zero-order valence-corrected chi connectivity index (χ0v) is 11.7. The first kappa shape index (κ1) is 11.5. The molecular formula is C14H18BrNO. The normalized spacial score (nSPS) is 26.4. The Morgan fingerprint density at radius 3 is 2.82 bits per heavy atom. The highest BCUT2D eigenvalue weighted by Gasteiger charge is 2.41. The lowest BCUT2D eigenvalue weighted by molar-refractivity contribution is -0.110. The first-order chi connectivity index (χ1) is 8.20. The van der Waals surface area contributed by atoms with Crippen LogP contribution in [0.5, 0.6) is 0 Å². The summed E-state index contributed by atoms with van der Waals surface area (Å²) in [6.07, 6.45) is 6.32. The smallest absolute Gasteiger partial charge is 0.126 e. The van der Waals surface area contributed by atoms with Crippen molar-refractivity contribution in [2.75, 3.05) is 5.32 Å². The first-order valence-corrected chi connectivity index (χ1v) is 7.23. The lowest BCUT2D eigenvalue weighted by Gasteiger charge is -2.45. The quantitative estimate of drug-likeness (QED) is 0.766. The minimum atomic E-state index is -0.0397. The molecule has 0 aromatic heterocycles. The van der Waals surface area contributed by atoms with Gasteiger partial charge in [0.05, 0.1) is 5.60 Å². The molecule has 0 bridgehead atoms. The minimum Gasteiger partial charge on any atom is -0.360 e. The van der Waals surface area contributed by atoms with Crippen LogP contribution in [0.2, 0.25) is 0 Å². The molecule has 1 heterocycles. The van der Waals surface area contributed by atoms with Crippen molar-refractivity contribution in [2.24, 2.45) is 0 Å². The number of hydrogen-bond acceptors (Lipinski definition) is 2. The molecule has 1 aliphatic carbocycles. The van der Waals surface area contributed by atoms with Gasteiger partial charge in [-0.2, -0.15) is 0 Å². The summed E-state index contributed by atoms with van der Waals surface area (Å²) in [5, 5.41) is 3.42. The van der Waals surface area contributed by atoms with E-state index in [1.165, 1.54) is 30.5 Å². The Bertz CT molecular complexity index is 426. The van der Waals surface area contributed by atoms with Gasteiger partial charge in [0.1, 0.15) is 6.23 Å². The summed E-state index contributed by atoms with van der Waals surface area (Å²) in [6, 6.07) is 6.48.